The molecule has 0 aliphatic heterocycles. The molecule has 0 N–H and O–H groups in total. The normalized spacial score (nSPS) is 11.5. The molecule has 0 nitrogen and oxygen atoms in total. The fraction of sp³-hybridized carbons (Fsp3) is 0. The zero-order valence-electron chi connectivity index (χ0n) is 18.2. The van der Waals surface area contributed by atoms with Gasteiger partial charge in [-0.05, 0) is 0 Å². The smallest absolute Gasteiger partial charge is 0.195 e. The van der Waals surface area contributed by atoms with Gasteiger partial charge in [-0.25, -0.2) is 70.2 Å². The van der Waals surface area contributed by atoms with Gasteiger partial charge in [-0.1, -0.05) is 0 Å². The molecule has 4 rings (SSSR count). The Morgan fingerprint density at radius 3 is 0.575 bits per heavy atom. The van der Waals surface area contributed by atoms with Gasteiger partial charge in [0.25, 0.3) is 0 Å². The molecule has 0 radical (unpaired) electrons. The molecule has 0 spiro atoms. The van der Waals surface area contributed by atoms with E-state index >= 15 is 8.78 Å². The van der Waals surface area contributed by atoms with Crippen molar-refractivity contribution in [3.05, 3.63) is 105 Å². The fourth-order valence-corrected chi connectivity index (χ4v) is 3.73. The molecule has 0 aliphatic rings. The van der Waals surface area contributed by atoms with Crippen molar-refractivity contribution < 1.29 is 70.2 Å². The first-order valence-corrected chi connectivity index (χ1v) is 9.93. The van der Waals surface area contributed by atoms with E-state index in [9.17, 15) is 61.5 Å². The van der Waals surface area contributed by atoms with Gasteiger partial charge in [0.05, 0.1) is 33.4 Å². The Labute approximate surface area is 209 Å². The lowest BCUT2D eigenvalue weighted by atomic mass is 9.91. The zero-order chi connectivity index (χ0) is 30.1. The molecule has 0 bridgehead atoms. The van der Waals surface area contributed by atoms with E-state index in [2.05, 4.69) is 0 Å². The van der Waals surface area contributed by atoms with Crippen LogP contribution >= 0.6 is 0 Å². The van der Waals surface area contributed by atoms with Crippen molar-refractivity contribution in [2.75, 3.05) is 0 Å². The van der Waals surface area contributed by atoms with Crippen LogP contribution in [0.25, 0.3) is 33.4 Å². The van der Waals surface area contributed by atoms with Crippen LogP contribution in [-0.4, -0.2) is 0 Å². The highest BCUT2D eigenvalue weighted by Crippen LogP contribution is 2.45. The molecule has 0 fully saturated rings. The second-order valence-electron chi connectivity index (χ2n) is 7.70. The predicted octanol–water partition coefficient (Wildman–Crippen LogP) is 8.91. The molecule has 0 atom stereocenters. The quantitative estimate of drug-likeness (QED) is 0.126. The average Bonchev–Trinajstić information content (AvgIpc) is 2.89. The van der Waals surface area contributed by atoms with Crippen LogP contribution in [0.3, 0.4) is 0 Å². The van der Waals surface area contributed by atoms with Crippen LogP contribution in [0.4, 0.5) is 70.2 Å². The van der Waals surface area contributed by atoms with E-state index in [4.69, 9.17) is 0 Å². The minimum absolute atomic E-state index is 0.493. The molecule has 0 heterocycles. The molecule has 0 aliphatic carbocycles. The Balaban J connectivity index is 2.24. The van der Waals surface area contributed by atoms with Gasteiger partial charge in [0.2, 0.25) is 0 Å². The molecule has 0 saturated heterocycles. The molecule has 0 aromatic heterocycles. The highest BCUT2D eigenvalue weighted by Gasteiger charge is 2.38. The van der Waals surface area contributed by atoms with E-state index in [1.165, 1.54) is 0 Å². The summed E-state index contributed by atoms with van der Waals surface area (Å²) in [5, 5.41) is 0. The van der Waals surface area contributed by atoms with Crippen LogP contribution in [0.1, 0.15) is 0 Å². The largest absolute Gasteiger partial charge is 0.205 e. The summed E-state index contributed by atoms with van der Waals surface area (Å²) in [6.07, 6.45) is 0. The Hall–Kier alpha value is -4.24. The summed E-state index contributed by atoms with van der Waals surface area (Å²) in [5.74, 6) is -44.2. The van der Waals surface area contributed by atoms with E-state index in [0.29, 0.717) is 0 Å². The molecule has 4 aromatic rings. The van der Waals surface area contributed by atoms with Crippen molar-refractivity contribution in [1.82, 2.24) is 0 Å². The van der Waals surface area contributed by atoms with Crippen LogP contribution in [0.5, 0.6) is 0 Å². The Bertz CT molecular complexity index is 1580. The number of rotatable bonds is 3. The van der Waals surface area contributed by atoms with Crippen LogP contribution in [-0.2, 0) is 0 Å². The van der Waals surface area contributed by atoms with E-state index in [-0.39, 0.29) is 0 Å². The zero-order valence-corrected chi connectivity index (χ0v) is 18.2. The van der Waals surface area contributed by atoms with Gasteiger partial charge >= 0.3 is 0 Å². The summed E-state index contributed by atoms with van der Waals surface area (Å²) in [5.41, 5.74) is -15.4. The molecule has 0 amide bonds. The minimum atomic E-state index is -3.06. The van der Waals surface area contributed by atoms with E-state index in [1.807, 2.05) is 0 Å². The summed E-state index contributed by atoms with van der Waals surface area (Å²) in [6.45, 7) is 0. The van der Waals surface area contributed by atoms with Crippen molar-refractivity contribution in [2.45, 2.75) is 0 Å². The van der Waals surface area contributed by atoms with Gasteiger partial charge in [-0.15, -0.1) is 0 Å². The van der Waals surface area contributed by atoms with Gasteiger partial charge in [0.1, 0.15) is 11.6 Å². The van der Waals surface area contributed by atoms with Crippen LogP contribution in [0.2, 0.25) is 0 Å². The molecule has 210 valence electrons. The monoisotopic (exact) mass is 594 g/mol. The third kappa shape index (κ3) is 3.95. The van der Waals surface area contributed by atoms with Gasteiger partial charge in [0.15, 0.2) is 81.4 Å². The number of halogens is 16. The Morgan fingerprint density at radius 1 is 0.200 bits per heavy atom. The summed E-state index contributed by atoms with van der Waals surface area (Å²) in [7, 11) is 0. The predicted molar refractivity (Wildman–Crippen MR) is 102 cm³/mol. The number of hydrogen-bond acceptors (Lipinski definition) is 0. The third-order valence-corrected chi connectivity index (χ3v) is 5.50. The summed E-state index contributed by atoms with van der Waals surface area (Å²) in [6, 6.07) is -0.986. The van der Waals surface area contributed by atoms with Gasteiger partial charge in [-0.3, -0.25) is 0 Å². The summed E-state index contributed by atoms with van der Waals surface area (Å²) >= 11 is 0. The van der Waals surface area contributed by atoms with E-state index in [1.54, 1.807) is 0 Å². The first-order chi connectivity index (χ1) is 18.5. The summed E-state index contributed by atoms with van der Waals surface area (Å²) in [4.78, 5) is 0. The Kier molecular flexibility index (Phi) is 7.01. The maximum absolute atomic E-state index is 15.3. The highest BCUT2D eigenvalue weighted by atomic mass is 19.2. The van der Waals surface area contributed by atoms with Crippen molar-refractivity contribution in [3.63, 3.8) is 0 Å². The minimum Gasteiger partial charge on any atom is -0.205 e. The Morgan fingerprint density at radius 2 is 0.375 bits per heavy atom. The molecule has 0 saturated carbocycles. The molecule has 40 heavy (non-hydrogen) atoms. The lowest BCUT2D eigenvalue weighted by Gasteiger charge is -2.18. The number of benzene rings is 4. The molecular formula is C24H2F16. The summed E-state index contributed by atoms with van der Waals surface area (Å²) < 4.78 is 229. The van der Waals surface area contributed by atoms with Crippen molar-refractivity contribution >= 4 is 0 Å². The van der Waals surface area contributed by atoms with Crippen LogP contribution in [0, 0.1) is 93.1 Å². The topological polar surface area (TPSA) is 0 Å². The fourth-order valence-electron chi connectivity index (χ4n) is 3.73. The molecule has 4 aromatic carbocycles. The number of hydrogen-bond donors (Lipinski definition) is 0. The van der Waals surface area contributed by atoms with Gasteiger partial charge in [0, 0.05) is 12.1 Å². The third-order valence-electron chi connectivity index (χ3n) is 5.50. The first kappa shape index (κ1) is 28.8. The standard InChI is InChI=1S/C24H2F16/c25-3-1-4(26)14(30)7(13(3)29)9-17(33)11(21(37)23(39)19(9)35)12-18(34)10(20(36)24(40)22(12)38)8-15(31)5(27)2-6(28)16(8)32/h1-2H. The lowest BCUT2D eigenvalue weighted by Crippen LogP contribution is -2.12. The van der Waals surface area contributed by atoms with Crippen LogP contribution < -0.4 is 0 Å². The maximum Gasteiger partial charge on any atom is 0.195 e. The first-order valence-electron chi connectivity index (χ1n) is 9.93. The van der Waals surface area contributed by atoms with Crippen molar-refractivity contribution in [2.24, 2.45) is 0 Å². The average molecular weight is 594 g/mol. The van der Waals surface area contributed by atoms with Crippen molar-refractivity contribution in [1.29, 1.82) is 0 Å². The second kappa shape index (κ2) is 9.75. The lowest BCUT2D eigenvalue weighted by molar-refractivity contribution is 0.424. The SMILES string of the molecule is Fc1cc(F)c(F)c(-c2c(F)c(F)c(F)c(-c3c(F)c(F)c(F)c(-c4c(F)c(F)cc(F)c4F)c3F)c2F)c1F. The highest BCUT2D eigenvalue weighted by molar-refractivity contribution is 5.81. The molecule has 16 heteroatoms. The van der Waals surface area contributed by atoms with E-state index < -0.39 is 139 Å². The second-order valence-corrected chi connectivity index (χ2v) is 7.70. The molecular weight excluding hydrogens is 592 g/mol. The van der Waals surface area contributed by atoms with Crippen LogP contribution in [0.15, 0.2) is 12.1 Å². The molecule has 0 unspecified atom stereocenters. The van der Waals surface area contributed by atoms with Gasteiger partial charge in [-0.2, -0.15) is 0 Å². The van der Waals surface area contributed by atoms with Crippen molar-refractivity contribution in [3.8, 4) is 33.4 Å². The van der Waals surface area contributed by atoms with E-state index in [0.717, 1.165) is 0 Å². The maximum atomic E-state index is 15.3. The van der Waals surface area contributed by atoms with Gasteiger partial charge < -0.3 is 0 Å².